The summed E-state index contributed by atoms with van der Waals surface area (Å²) in [5.41, 5.74) is 0.910. The van der Waals surface area contributed by atoms with Gasteiger partial charge in [0.2, 0.25) is 0 Å². The molecule has 0 bridgehead atoms. The average molecular weight is 351 g/mol. The number of anilines is 1. The van der Waals surface area contributed by atoms with Crippen molar-refractivity contribution in [3.05, 3.63) is 40.4 Å². The molecule has 1 N–H and O–H groups in total. The van der Waals surface area contributed by atoms with Crippen LogP contribution in [0.4, 0.5) is 5.82 Å². The lowest BCUT2D eigenvalue weighted by atomic mass is 10.0. The number of carbonyl (C=O) groups is 1. The van der Waals surface area contributed by atoms with Gasteiger partial charge in [0.15, 0.2) is 16.2 Å². The zero-order valence-corrected chi connectivity index (χ0v) is 13.1. The minimum absolute atomic E-state index is 0.186. The summed E-state index contributed by atoms with van der Waals surface area (Å²) in [6, 6.07) is 7.27. The third-order valence-corrected chi connectivity index (χ3v) is 3.84. The highest BCUT2D eigenvalue weighted by Gasteiger charge is 2.28. The van der Waals surface area contributed by atoms with Gasteiger partial charge in [-0.25, -0.2) is 0 Å². The molecule has 0 aromatic carbocycles. The van der Waals surface area contributed by atoms with Crippen molar-refractivity contribution >= 4 is 27.7 Å². The van der Waals surface area contributed by atoms with Crippen LogP contribution < -0.4 is 10.2 Å². The first-order valence-electron chi connectivity index (χ1n) is 6.70. The van der Waals surface area contributed by atoms with Crippen molar-refractivity contribution in [2.45, 2.75) is 6.92 Å². The highest BCUT2D eigenvalue weighted by atomic mass is 79.9. The van der Waals surface area contributed by atoms with Gasteiger partial charge in [0, 0.05) is 25.6 Å². The van der Waals surface area contributed by atoms with Crippen molar-refractivity contribution in [1.82, 2.24) is 15.5 Å². The second kappa shape index (κ2) is 5.85. The molecule has 0 atom stereocenters. The van der Waals surface area contributed by atoms with Crippen molar-refractivity contribution in [2.24, 2.45) is 5.92 Å². The van der Waals surface area contributed by atoms with Crippen LogP contribution in [-0.2, 0) is 0 Å². The van der Waals surface area contributed by atoms with E-state index in [2.05, 4.69) is 36.3 Å². The summed E-state index contributed by atoms with van der Waals surface area (Å²) in [6.45, 7) is 4.30. The molecule has 1 aliphatic heterocycles. The molecule has 0 spiro atoms. The van der Waals surface area contributed by atoms with Crippen LogP contribution in [0.15, 0.2) is 33.4 Å². The number of furan rings is 1. The van der Waals surface area contributed by atoms with Gasteiger partial charge < -0.3 is 14.6 Å². The molecule has 2 aromatic rings. The van der Waals surface area contributed by atoms with Gasteiger partial charge in [-0.2, -0.15) is 5.10 Å². The minimum atomic E-state index is -0.186. The van der Waals surface area contributed by atoms with Crippen molar-refractivity contribution in [1.29, 1.82) is 0 Å². The quantitative estimate of drug-likeness (QED) is 0.913. The number of amides is 1. The highest BCUT2D eigenvalue weighted by Crippen LogP contribution is 2.21. The lowest BCUT2D eigenvalue weighted by Crippen LogP contribution is -2.51. The molecule has 21 heavy (non-hydrogen) atoms. The Morgan fingerprint density at radius 3 is 2.81 bits per heavy atom. The SMILES string of the molecule is Cc1ccc(N2CC(CNC(=O)c3ccc(Br)o3)C2)nn1. The number of nitrogens with one attached hydrogen (secondary N) is 1. The lowest BCUT2D eigenvalue weighted by Gasteiger charge is -2.39. The molecular formula is C14H15BrN4O2. The van der Waals surface area contributed by atoms with E-state index < -0.39 is 0 Å². The molecule has 0 saturated carbocycles. The van der Waals surface area contributed by atoms with Crippen LogP contribution in [-0.4, -0.2) is 35.7 Å². The van der Waals surface area contributed by atoms with Crippen LogP contribution in [0.3, 0.4) is 0 Å². The van der Waals surface area contributed by atoms with Gasteiger partial charge in [-0.1, -0.05) is 0 Å². The van der Waals surface area contributed by atoms with Crippen LogP contribution in [0, 0.1) is 12.8 Å². The molecule has 1 fully saturated rings. The van der Waals surface area contributed by atoms with Gasteiger partial charge in [-0.3, -0.25) is 4.79 Å². The Labute approximate surface area is 130 Å². The number of aromatic nitrogens is 2. The lowest BCUT2D eigenvalue weighted by molar-refractivity contribution is 0.0915. The fourth-order valence-electron chi connectivity index (χ4n) is 2.21. The molecule has 110 valence electrons. The maximum absolute atomic E-state index is 11.8. The summed E-state index contributed by atoms with van der Waals surface area (Å²) < 4.78 is 5.76. The van der Waals surface area contributed by atoms with E-state index >= 15 is 0 Å². The molecule has 3 heterocycles. The molecule has 1 aliphatic rings. The van der Waals surface area contributed by atoms with Gasteiger partial charge in [-0.05, 0) is 47.1 Å². The number of hydrogen-bond acceptors (Lipinski definition) is 5. The van der Waals surface area contributed by atoms with Crippen LogP contribution in [0.25, 0.3) is 0 Å². The van der Waals surface area contributed by atoms with Crippen LogP contribution in [0.2, 0.25) is 0 Å². The molecule has 3 rings (SSSR count). The molecule has 1 amide bonds. The molecule has 7 heteroatoms. The Kier molecular flexibility index (Phi) is 3.92. The van der Waals surface area contributed by atoms with E-state index in [-0.39, 0.29) is 5.91 Å². The molecule has 0 unspecified atom stereocenters. The molecule has 1 saturated heterocycles. The fraction of sp³-hybridized carbons (Fsp3) is 0.357. The zero-order valence-electron chi connectivity index (χ0n) is 11.5. The first-order valence-corrected chi connectivity index (χ1v) is 7.50. The highest BCUT2D eigenvalue weighted by molar-refractivity contribution is 9.10. The number of aryl methyl sites for hydroxylation is 1. The van der Waals surface area contributed by atoms with Crippen molar-refractivity contribution in [2.75, 3.05) is 24.5 Å². The number of nitrogens with zero attached hydrogens (tertiary/aromatic N) is 3. The summed E-state index contributed by atoms with van der Waals surface area (Å²) in [5.74, 6) is 1.45. The Bertz CT molecular complexity index is 635. The fourth-order valence-corrected chi connectivity index (χ4v) is 2.51. The monoisotopic (exact) mass is 350 g/mol. The standard InChI is InChI=1S/C14H15BrN4O2/c1-9-2-5-13(18-17-9)19-7-10(8-19)6-16-14(20)11-3-4-12(15)21-11/h2-5,10H,6-8H2,1H3,(H,16,20). The third kappa shape index (κ3) is 3.24. The van der Waals surface area contributed by atoms with Gasteiger partial charge in [0.05, 0.1) is 5.69 Å². The molecule has 6 nitrogen and oxygen atoms in total. The Morgan fingerprint density at radius 1 is 1.38 bits per heavy atom. The third-order valence-electron chi connectivity index (χ3n) is 3.41. The van der Waals surface area contributed by atoms with E-state index in [0.717, 1.165) is 24.6 Å². The van der Waals surface area contributed by atoms with Gasteiger partial charge in [0.25, 0.3) is 5.91 Å². The predicted molar refractivity (Wildman–Crippen MR) is 81.2 cm³/mol. The smallest absolute Gasteiger partial charge is 0.287 e. The maximum Gasteiger partial charge on any atom is 0.287 e. The molecular weight excluding hydrogens is 336 g/mol. The van der Waals surface area contributed by atoms with E-state index in [1.54, 1.807) is 12.1 Å². The number of carbonyl (C=O) groups excluding carboxylic acids is 1. The van der Waals surface area contributed by atoms with E-state index in [9.17, 15) is 4.79 Å². The average Bonchev–Trinajstić information content (AvgIpc) is 2.85. The van der Waals surface area contributed by atoms with Gasteiger partial charge in [0.1, 0.15) is 0 Å². The Morgan fingerprint density at radius 2 is 2.19 bits per heavy atom. The summed E-state index contributed by atoms with van der Waals surface area (Å²) in [5, 5.41) is 11.1. The van der Waals surface area contributed by atoms with Crippen LogP contribution in [0.1, 0.15) is 16.2 Å². The van der Waals surface area contributed by atoms with Gasteiger partial charge in [-0.15, -0.1) is 5.10 Å². The van der Waals surface area contributed by atoms with Crippen molar-refractivity contribution in [3.8, 4) is 0 Å². The first kappa shape index (κ1) is 14.1. The van der Waals surface area contributed by atoms with Crippen LogP contribution in [0.5, 0.6) is 0 Å². The van der Waals surface area contributed by atoms with Crippen molar-refractivity contribution in [3.63, 3.8) is 0 Å². The van der Waals surface area contributed by atoms with Gasteiger partial charge >= 0.3 is 0 Å². The number of rotatable bonds is 4. The van der Waals surface area contributed by atoms with Crippen LogP contribution >= 0.6 is 15.9 Å². The maximum atomic E-state index is 11.8. The predicted octanol–water partition coefficient (Wildman–Crippen LogP) is 2.01. The molecule has 0 radical (unpaired) electrons. The Hall–Kier alpha value is -1.89. The van der Waals surface area contributed by atoms with E-state index in [1.807, 2.05) is 19.1 Å². The summed E-state index contributed by atoms with van der Waals surface area (Å²) in [7, 11) is 0. The molecule has 0 aliphatic carbocycles. The topological polar surface area (TPSA) is 71.3 Å². The zero-order chi connectivity index (χ0) is 14.8. The van der Waals surface area contributed by atoms with Crippen molar-refractivity contribution < 1.29 is 9.21 Å². The van der Waals surface area contributed by atoms with E-state index in [1.165, 1.54) is 0 Å². The Balaban J connectivity index is 1.45. The van der Waals surface area contributed by atoms with E-state index in [4.69, 9.17) is 4.42 Å². The minimum Gasteiger partial charge on any atom is -0.444 e. The summed E-state index contributed by atoms with van der Waals surface area (Å²) in [6.07, 6.45) is 0. The second-order valence-corrected chi connectivity index (χ2v) is 5.90. The summed E-state index contributed by atoms with van der Waals surface area (Å²) >= 11 is 3.18. The second-order valence-electron chi connectivity index (χ2n) is 5.12. The summed E-state index contributed by atoms with van der Waals surface area (Å²) in [4.78, 5) is 14.0. The number of hydrogen-bond donors (Lipinski definition) is 1. The largest absolute Gasteiger partial charge is 0.444 e. The van der Waals surface area contributed by atoms with E-state index in [0.29, 0.717) is 22.9 Å². The first-order chi connectivity index (χ1) is 10.1. The normalized spacial score (nSPS) is 14.9. The number of halogens is 1. The molecule has 2 aromatic heterocycles.